The van der Waals surface area contributed by atoms with E-state index in [0.717, 1.165) is 5.52 Å². The van der Waals surface area contributed by atoms with Gasteiger partial charge >= 0.3 is 5.97 Å². The molecule has 1 aromatic heterocycles. The van der Waals surface area contributed by atoms with Crippen LogP contribution in [0.15, 0.2) is 24.5 Å². The first-order chi connectivity index (χ1) is 8.00. The molecule has 0 aliphatic heterocycles. The number of hydrogen-bond acceptors (Lipinski definition) is 3. The highest BCUT2D eigenvalue weighted by atomic mass is 16.4. The van der Waals surface area contributed by atoms with Crippen LogP contribution in [-0.4, -0.2) is 26.4 Å². The van der Waals surface area contributed by atoms with E-state index in [1.165, 1.54) is 12.1 Å². The number of carbonyl (C=O) groups is 2. The molecular weight excluding hydrogens is 220 g/mol. The smallest absolute Gasteiger partial charge is 0.377 e. The molecule has 0 radical (unpaired) electrons. The zero-order chi connectivity index (χ0) is 12.6. The Morgan fingerprint density at radius 3 is 2.65 bits per heavy atom. The molecule has 0 aliphatic carbocycles. The van der Waals surface area contributed by atoms with Crippen LogP contribution in [0.5, 0.6) is 0 Å². The van der Waals surface area contributed by atoms with Gasteiger partial charge in [-0.3, -0.25) is 4.79 Å². The highest BCUT2D eigenvalue weighted by Gasteiger charge is 2.16. The second-order valence-corrected chi connectivity index (χ2v) is 4.08. The lowest BCUT2D eigenvalue weighted by Gasteiger charge is -2.07. The van der Waals surface area contributed by atoms with Crippen molar-refractivity contribution in [3.05, 3.63) is 30.1 Å². The number of aliphatic carboxylic acids is 1. The topological polar surface area (TPSA) is 72.2 Å². The zero-order valence-corrected chi connectivity index (χ0v) is 9.54. The van der Waals surface area contributed by atoms with Crippen LogP contribution in [0, 0.1) is 0 Å². The number of benzene rings is 1. The van der Waals surface area contributed by atoms with Crippen LogP contribution < -0.4 is 0 Å². The normalized spacial score (nSPS) is 11.0. The van der Waals surface area contributed by atoms with Gasteiger partial charge in [-0.25, -0.2) is 9.78 Å². The summed E-state index contributed by atoms with van der Waals surface area (Å²) in [7, 11) is 0. The minimum absolute atomic E-state index is 0.152. The molecule has 88 valence electrons. The summed E-state index contributed by atoms with van der Waals surface area (Å²) in [6.45, 7) is 4.05. The van der Waals surface area contributed by atoms with Crippen molar-refractivity contribution in [2.75, 3.05) is 0 Å². The van der Waals surface area contributed by atoms with E-state index in [4.69, 9.17) is 5.11 Å². The predicted octanol–water partition coefficient (Wildman–Crippen LogP) is 1.88. The Hall–Kier alpha value is -2.17. The van der Waals surface area contributed by atoms with Crippen LogP contribution in [0.1, 0.15) is 30.2 Å². The fourth-order valence-electron chi connectivity index (χ4n) is 1.71. The van der Waals surface area contributed by atoms with Crippen molar-refractivity contribution in [3.8, 4) is 0 Å². The second-order valence-electron chi connectivity index (χ2n) is 4.08. The van der Waals surface area contributed by atoms with E-state index < -0.39 is 11.8 Å². The molecule has 0 amide bonds. The number of hydrogen-bond donors (Lipinski definition) is 1. The Balaban J connectivity index is 2.53. The van der Waals surface area contributed by atoms with Crippen molar-refractivity contribution in [3.63, 3.8) is 0 Å². The summed E-state index contributed by atoms with van der Waals surface area (Å²) in [4.78, 5) is 26.0. The van der Waals surface area contributed by atoms with Gasteiger partial charge in [0, 0.05) is 11.6 Å². The number of carboxylic acids is 1. The maximum absolute atomic E-state index is 11.3. The number of ketones is 1. The molecule has 0 atom stereocenters. The van der Waals surface area contributed by atoms with Gasteiger partial charge in [-0.1, -0.05) is 0 Å². The summed E-state index contributed by atoms with van der Waals surface area (Å²) >= 11 is 0. The SMILES string of the molecule is CC(C)n1cnc2cc(C(=O)C(=O)O)ccc21. The molecule has 2 rings (SSSR count). The number of nitrogens with zero attached hydrogens (tertiary/aromatic N) is 2. The van der Waals surface area contributed by atoms with Gasteiger partial charge in [-0.2, -0.15) is 0 Å². The lowest BCUT2D eigenvalue weighted by Crippen LogP contribution is -2.12. The van der Waals surface area contributed by atoms with Crippen LogP contribution in [-0.2, 0) is 4.79 Å². The van der Waals surface area contributed by atoms with E-state index in [0.29, 0.717) is 5.52 Å². The molecule has 5 heteroatoms. The first-order valence-electron chi connectivity index (χ1n) is 5.25. The van der Waals surface area contributed by atoms with Crippen LogP contribution >= 0.6 is 0 Å². The Morgan fingerprint density at radius 1 is 1.35 bits per heavy atom. The van der Waals surface area contributed by atoms with Crippen LogP contribution in [0.3, 0.4) is 0 Å². The number of rotatable bonds is 3. The predicted molar refractivity (Wildman–Crippen MR) is 62.1 cm³/mol. The molecule has 0 saturated heterocycles. The molecule has 1 heterocycles. The average molecular weight is 232 g/mol. The quantitative estimate of drug-likeness (QED) is 0.647. The molecule has 1 aromatic carbocycles. The number of fused-ring (bicyclic) bond motifs is 1. The van der Waals surface area contributed by atoms with Gasteiger partial charge in [-0.05, 0) is 32.0 Å². The number of Topliss-reactive ketones (excluding diaryl/α,β-unsaturated/α-hetero) is 1. The molecule has 0 bridgehead atoms. The Labute approximate surface area is 97.7 Å². The van der Waals surface area contributed by atoms with Crippen molar-refractivity contribution >= 4 is 22.8 Å². The highest BCUT2D eigenvalue weighted by Crippen LogP contribution is 2.19. The monoisotopic (exact) mass is 232 g/mol. The second kappa shape index (κ2) is 4.01. The maximum Gasteiger partial charge on any atom is 0.377 e. The maximum atomic E-state index is 11.3. The zero-order valence-electron chi connectivity index (χ0n) is 9.54. The molecule has 5 nitrogen and oxygen atoms in total. The van der Waals surface area contributed by atoms with Crippen molar-refractivity contribution < 1.29 is 14.7 Å². The minimum atomic E-state index is -1.45. The fraction of sp³-hybridized carbons (Fsp3) is 0.250. The average Bonchev–Trinajstić information content (AvgIpc) is 2.70. The van der Waals surface area contributed by atoms with Crippen molar-refractivity contribution in [2.45, 2.75) is 19.9 Å². The Bertz CT molecular complexity index is 599. The van der Waals surface area contributed by atoms with Gasteiger partial charge in [0.25, 0.3) is 5.78 Å². The van der Waals surface area contributed by atoms with E-state index in [2.05, 4.69) is 4.98 Å². The summed E-state index contributed by atoms with van der Waals surface area (Å²) in [5, 5.41) is 8.63. The van der Waals surface area contributed by atoms with E-state index in [1.807, 2.05) is 18.4 Å². The van der Waals surface area contributed by atoms with E-state index >= 15 is 0 Å². The molecule has 0 fully saturated rings. The molecule has 0 aliphatic rings. The van der Waals surface area contributed by atoms with Gasteiger partial charge in [-0.15, -0.1) is 0 Å². The number of aromatic nitrogens is 2. The van der Waals surface area contributed by atoms with Crippen LogP contribution in [0.4, 0.5) is 0 Å². The van der Waals surface area contributed by atoms with Gasteiger partial charge in [0.2, 0.25) is 0 Å². The largest absolute Gasteiger partial charge is 0.475 e. The van der Waals surface area contributed by atoms with Crippen molar-refractivity contribution in [1.82, 2.24) is 9.55 Å². The lowest BCUT2D eigenvalue weighted by molar-refractivity contribution is -0.131. The molecule has 0 unspecified atom stereocenters. The highest BCUT2D eigenvalue weighted by molar-refractivity contribution is 6.40. The number of carboxylic acid groups (broad SMARTS) is 1. The number of carbonyl (C=O) groups excluding carboxylic acids is 1. The molecule has 17 heavy (non-hydrogen) atoms. The fourth-order valence-corrected chi connectivity index (χ4v) is 1.71. The van der Waals surface area contributed by atoms with E-state index in [1.54, 1.807) is 12.4 Å². The molecule has 0 saturated carbocycles. The third-order valence-corrected chi connectivity index (χ3v) is 2.59. The molecular formula is C12H12N2O3. The summed E-state index contributed by atoms with van der Waals surface area (Å²) in [6, 6.07) is 5.00. The Morgan fingerprint density at radius 2 is 2.06 bits per heavy atom. The van der Waals surface area contributed by atoms with Crippen LogP contribution in [0.25, 0.3) is 11.0 Å². The van der Waals surface area contributed by atoms with Gasteiger partial charge in [0.15, 0.2) is 0 Å². The Kier molecular flexibility index (Phi) is 2.67. The summed E-state index contributed by atoms with van der Waals surface area (Å²) < 4.78 is 1.96. The van der Waals surface area contributed by atoms with E-state index in [-0.39, 0.29) is 11.6 Å². The molecule has 1 N–H and O–H groups in total. The summed E-state index contributed by atoms with van der Waals surface area (Å²) in [5.74, 6) is -2.36. The summed E-state index contributed by atoms with van der Waals surface area (Å²) in [5.41, 5.74) is 1.67. The van der Waals surface area contributed by atoms with Crippen LogP contribution in [0.2, 0.25) is 0 Å². The lowest BCUT2D eigenvalue weighted by atomic mass is 10.1. The minimum Gasteiger partial charge on any atom is -0.475 e. The van der Waals surface area contributed by atoms with Gasteiger partial charge in [0.1, 0.15) is 0 Å². The van der Waals surface area contributed by atoms with Gasteiger partial charge in [0.05, 0.1) is 17.4 Å². The van der Waals surface area contributed by atoms with Crippen molar-refractivity contribution in [1.29, 1.82) is 0 Å². The third kappa shape index (κ3) is 1.91. The third-order valence-electron chi connectivity index (χ3n) is 2.59. The molecule has 0 spiro atoms. The first kappa shape index (κ1) is 11.3. The summed E-state index contributed by atoms with van der Waals surface area (Å²) in [6.07, 6.45) is 1.68. The van der Waals surface area contributed by atoms with Crippen molar-refractivity contribution in [2.24, 2.45) is 0 Å². The number of imidazole rings is 1. The van der Waals surface area contributed by atoms with E-state index in [9.17, 15) is 9.59 Å². The molecule has 2 aromatic rings. The van der Waals surface area contributed by atoms with Gasteiger partial charge < -0.3 is 9.67 Å². The first-order valence-corrected chi connectivity index (χ1v) is 5.25. The standard InChI is InChI=1S/C12H12N2O3/c1-7(2)14-6-13-9-5-8(3-4-10(9)14)11(15)12(16)17/h3-7H,1-2H3,(H,16,17).